The van der Waals surface area contributed by atoms with Gasteiger partial charge in [0.1, 0.15) is 11.4 Å². The summed E-state index contributed by atoms with van der Waals surface area (Å²) in [4.78, 5) is 16.9. The number of nitrogens with one attached hydrogen (secondary N) is 1. The fourth-order valence-corrected chi connectivity index (χ4v) is 4.39. The first-order valence-corrected chi connectivity index (χ1v) is 10.5. The maximum absolute atomic E-state index is 12.2. The number of nitrogens with zero attached hydrogens (tertiary/aromatic N) is 3. The molecule has 1 N–H and O–H groups in total. The number of hydrogen-bond acceptors (Lipinski definition) is 5. The highest BCUT2D eigenvalue weighted by atomic mass is 35.5. The Kier molecular flexibility index (Phi) is 4.66. The number of amides is 1. The van der Waals surface area contributed by atoms with E-state index < -0.39 is 0 Å². The normalized spacial score (nSPS) is 11.5. The average Bonchev–Trinajstić information content (AvgIpc) is 3.05. The van der Waals surface area contributed by atoms with E-state index in [0.717, 1.165) is 22.5 Å². The van der Waals surface area contributed by atoms with E-state index in [1.165, 1.54) is 22.5 Å². The van der Waals surface area contributed by atoms with Gasteiger partial charge in [-0.05, 0) is 17.5 Å². The molecule has 4 aromatic rings. The first-order chi connectivity index (χ1) is 14.2. The fraction of sp³-hybridized carbons (Fsp3) is 0.0909. The lowest BCUT2D eigenvalue weighted by molar-refractivity contribution is -0.115. The number of rotatable bonds is 5. The molecule has 7 heteroatoms. The second kappa shape index (κ2) is 7.46. The molecular weight excluding hydrogens is 404 g/mol. The molecule has 1 aromatic heterocycles. The van der Waals surface area contributed by atoms with Crippen LogP contribution in [0.25, 0.3) is 33.3 Å². The van der Waals surface area contributed by atoms with Crippen LogP contribution in [0.2, 0.25) is 5.02 Å². The van der Waals surface area contributed by atoms with Gasteiger partial charge in [0.2, 0.25) is 11.1 Å². The number of anilines is 1. The van der Waals surface area contributed by atoms with Crippen LogP contribution in [0.3, 0.4) is 0 Å². The summed E-state index contributed by atoms with van der Waals surface area (Å²) in [6.07, 6.45) is 0.326. The van der Waals surface area contributed by atoms with E-state index in [9.17, 15) is 4.79 Å². The third-order valence-corrected chi connectivity index (χ3v) is 5.96. The predicted molar refractivity (Wildman–Crippen MR) is 117 cm³/mol. The van der Waals surface area contributed by atoms with Crippen LogP contribution < -0.4 is 5.32 Å². The van der Waals surface area contributed by atoms with E-state index in [0.29, 0.717) is 28.0 Å². The maximum atomic E-state index is 12.2. The van der Waals surface area contributed by atoms with Crippen LogP contribution in [0.1, 0.15) is 6.42 Å². The number of carbonyl (C=O) groups is 1. The molecule has 1 aliphatic carbocycles. The smallest absolute Gasteiger partial charge is 0.225 e. The number of hydrogen-bond donors (Lipinski definition) is 1. The Bertz CT molecular complexity index is 1260. The molecule has 0 spiro atoms. The summed E-state index contributed by atoms with van der Waals surface area (Å²) >= 11 is 7.49. The van der Waals surface area contributed by atoms with Gasteiger partial charge in [0, 0.05) is 28.7 Å². The molecule has 0 saturated carbocycles. The van der Waals surface area contributed by atoms with Crippen LogP contribution in [0, 0.1) is 0 Å². The molecular formula is C22H15ClN4OS. The van der Waals surface area contributed by atoms with Gasteiger partial charge in [0.05, 0.1) is 10.7 Å². The largest absolute Gasteiger partial charge is 0.325 e. The van der Waals surface area contributed by atoms with Gasteiger partial charge in [-0.1, -0.05) is 71.9 Å². The second-order valence-electron chi connectivity index (χ2n) is 6.63. The number of fused-ring (bicyclic) bond motifs is 3. The van der Waals surface area contributed by atoms with Gasteiger partial charge in [0.15, 0.2) is 0 Å². The lowest BCUT2D eigenvalue weighted by Gasteiger charge is -2.06. The highest BCUT2D eigenvalue weighted by Crippen LogP contribution is 2.44. The molecule has 3 aromatic carbocycles. The van der Waals surface area contributed by atoms with Crippen molar-refractivity contribution in [2.24, 2.45) is 0 Å². The molecule has 142 valence electrons. The number of thioether (sulfide) groups is 1. The van der Waals surface area contributed by atoms with E-state index in [1.807, 2.05) is 24.3 Å². The van der Waals surface area contributed by atoms with Crippen molar-refractivity contribution in [3.63, 3.8) is 0 Å². The molecule has 0 saturated heterocycles. The lowest BCUT2D eigenvalue weighted by atomic mass is 10.0. The van der Waals surface area contributed by atoms with Crippen LogP contribution in [-0.2, 0) is 4.79 Å². The molecule has 1 aliphatic rings. The van der Waals surface area contributed by atoms with Gasteiger partial charge >= 0.3 is 0 Å². The van der Waals surface area contributed by atoms with Crippen LogP contribution in [-0.4, -0.2) is 26.8 Å². The van der Waals surface area contributed by atoms with Crippen LogP contribution in [0.15, 0.2) is 65.8 Å². The number of aromatic nitrogens is 3. The zero-order chi connectivity index (χ0) is 19.8. The molecule has 0 unspecified atom stereocenters. The van der Waals surface area contributed by atoms with Crippen molar-refractivity contribution in [1.29, 1.82) is 0 Å². The van der Waals surface area contributed by atoms with Crippen molar-refractivity contribution in [2.75, 3.05) is 11.1 Å². The van der Waals surface area contributed by atoms with E-state index in [-0.39, 0.29) is 5.91 Å². The Morgan fingerprint density at radius 2 is 1.69 bits per heavy atom. The van der Waals surface area contributed by atoms with Gasteiger partial charge in [-0.3, -0.25) is 4.79 Å². The number of halogens is 1. The Morgan fingerprint density at radius 3 is 2.48 bits per heavy atom. The summed E-state index contributed by atoms with van der Waals surface area (Å²) in [5, 5.41) is 14.9. The van der Waals surface area contributed by atoms with Crippen molar-refractivity contribution in [1.82, 2.24) is 15.2 Å². The highest BCUT2D eigenvalue weighted by molar-refractivity contribution is 7.99. The Balaban J connectivity index is 1.29. The lowest BCUT2D eigenvalue weighted by Crippen LogP contribution is -2.12. The van der Waals surface area contributed by atoms with Gasteiger partial charge in [0.25, 0.3) is 0 Å². The summed E-state index contributed by atoms with van der Waals surface area (Å²) in [6, 6.07) is 19.5. The molecule has 29 heavy (non-hydrogen) atoms. The summed E-state index contributed by atoms with van der Waals surface area (Å²) in [5.41, 5.74) is 4.45. The van der Waals surface area contributed by atoms with Crippen molar-refractivity contribution in [3.05, 3.63) is 65.7 Å². The van der Waals surface area contributed by atoms with Crippen molar-refractivity contribution in [3.8, 4) is 22.5 Å². The molecule has 1 heterocycles. The van der Waals surface area contributed by atoms with E-state index in [2.05, 4.69) is 39.8 Å². The van der Waals surface area contributed by atoms with E-state index >= 15 is 0 Å². The average molecular weight is 419 g/mol. The van der Waals surface area contributed by atoms with Crippen LogP contribution in [0.5, 0.6) is 0 Å². The third kappa shape index (κ3) is 3.34. The van der Waals surface area contributed by atoms with Gasteiger partial charge in [-0.25, -0.2) is 4.98 Å². The van der Waals surface area contributed by atoms with E-state index in [4.69, 9.17) is 16.6 Å². The predicted octanol–water partition coefficient (Wildman–Crippen LogP) is 5.45. The van der Waals surface area contributed by atoms with Crippen molar-refractivity contribution >= 4 is 45.7 Å². The monoisotopic (exact) mass is 418 g/mol. The molecule has 5 rings (SSSR count). The molecule has 0 fully saturated rings. The minimum absolute atomic E-state index is 0.100. The molecule has 0 aliphatic heterocycles. The number of benzene rings is 3. The Labute approximate surface area is 176 Å². The summed E-state index contributed by atoms with van der Waals surface area (Å²) in [6.45, 7) is 0. The quantitative estimate of drug-likeness (QED) is 0.384. The zero-order valence-electron chi connectivity index (χ0n) is 15.2. The first-order valence-electron chi connectivity index (χ1n) is 9.15. The van der Waals surface area contributed by atoms with Crippen molar-refractivity contribution < 1.29 is 4.79 Å². The van der Waals surface area contributed by atoms with E-state index in [1.54, 1.807) is 12.1 Å². The molecule has 0 bridgehead atoms. The first kappa shape index (κ1) is 18.1. The molecule has 1 amide bonds. The summed E-state index contributed by atoms with van der Waals surface area (Å²) in [5.74, 6) is 0.449. The number of para-hydroxylation sites is 1. The van der Waals surface area contributed by atoms with Crippen LogP contribution >= 0.6 is 23.4 Å². The molecule has 5 nitrogen and oxygen atoms in total. The molecule has 0 atom stereocenters. The third-order valence-electron chi connectivity index (χ3n) is 4.79. The van der Waals surface area contributed by atoms with Gasteiger partial charge in [-0.2, -0.15) is 0 Å². The van der Waals surface area contributed by atoms with Crippen molar-refractivity contribution in [2.45, 2.75) is 11.6 Å². The minimum Gasteiger partial charge on any atom is -0.325 e. The number of carbonyl (C=O) groups excluding carboxylic acids is 1. The fourth-order valence-electron chi connectivity index (χ4n) is 3.49. The Morgan fingerprint density at radius 1 is 0.931 bits per heavy atom. The van der Waals surface area contributed by atoms with Gasteiger partial charge < -0.3 is 5.32 Å². The maximum Gasteiger partial charge on any atom is 0.225 e. The minimum atomic E-state index is -0.100. The van der Waals surface area contributed by atoms with Crippen LogP contribution in [0.4, 0.5) is 5.69 Å². The second-order valence-corrected chi connectivity index (χ2v) is 8.10. The van der Waals surface area contributed by atoms with Gasteiger partial charge in [-0.15, -0.1) is 10.2 Å². The Hall–Kier alpha value is -2.96. The molecule has 0 radical (unpaired) electrons. The summed E-state index contributed by atoms with van der Waals surface area (Å²) in [7, 11) is 0. The topological polar surface area (TPSA) is 67.8 Å². The standard InChI is InChI=1S/C22H15ClN4OS/c23-16-9-1-2-10-17(16)24-18(28)11-12-29-22-25-20-14-7-3-5-13-6-4-8-15(19(13)14)21(20)26-27-22/h1-10H,11-12H2,(H,24,28). The SMILES string of the molecule is O=C(CCSc1nnc2c(n1)-c1cccc3cccc-2c13)Nc1ccccc1Cl. The zero-order valence-corrected chi connectivity index (χ0v) is 16.8. The summed E-state index contributed by atoms with van der Waals surface area (Å²) < 4.78 is 0. The highest BCUT2D eigenvalue weighted by Gasteiger charge is 2.24.